The number of ether oxygens (including phenoxy) is 2. The Kier molecular flexibility index (Phi) is 8.22. The third-order valence-electron chi connectivity index (χ3n) is 4.90. The molecule has 0 saturated heterocycles. The number of esters is 1. The Morgan fingerprint density at radius 2 is 1.58 bits per heavy atom. The Morgan fingerprint density at radius 3 is 2.10 bits per heavy atom. The number of aliphatic hydroxyl groups excluding tert-OH is 1. The monoisotopic (exact) mass is 427 g/mol. The first-order valence-corrected chi connectivity index (χ1v) is 10.5. The summed E-state index contributed by atoms with van der Waals surface area (Å²) in [5.41, 5.74) is 0.747. The lowest BCUT2D eigenvalue weighted by Crippen LogP contribution is -2.48. The van der Waals surface area contributed by atoms with Crippen molar-refractivity contribution in [2.75, 3.05) is 13.2 Å². The highest BCUT2D eigenvalue weighted by molar-refractivity contribution is 5.84. The Labute approximate surface area is 184 Å². The number of benzene rings is 2. The van der Waals surface area contributed by atoms with Crippen LogP contribution in [-0.4, -0.2) is 42.0 Å². The predicted octanol–water partition coefficient (Wildman–Crippen LogP) is 4.45. The van der Waals surface area contributed by atoms with Crippen molar-refractivity contribution in [3.63, 3.8) is 0 Å². The van der Waals surface area contributed by atoms with Crippen molar-refractivity contribution in [2.24, 2.45) is 0 Å². The van der Waals surface area contributed by atoms with E-state index < -0.39 is 35.7 Å². The quantitative estimate of drug-likeness (QED) is 0.608. The highest BCUT2D eigenvalue weighted by atomic mass is 16.6. The van der Waals surface area contributed by atoms with Crippen molar-refractivity contribution in [3.05, 3.63) is 60.2 Å². The molecule has 0 radical (unpaired) electrons. The molecular weight excluding hydrogens is 394 g/mol. The molecule has 6 heteroatoms. The molecule has 2 aromatic carbocycles. The minimum atomic E-state index is -1.31. The van der Waals surface area contributed by atoms with Crippen LogP contribution in [0.15, 0.2) is 54.6 Å². The fourth-order valence-corrected chi connectivity index (χ4v) is 3.50. The fourth-order valence-electron chi connectivity index (χ4n) is 3.50. The molecule has 0 saturated carbocycles. The van der Waals surface area contributed by atoms with Gasteiger partial charge in [0.05, 0.1) is 13.2 Å². The highest BCUT2D eigenvalue weighted by Crippen LogP contribution is 2.33. The zero-order valence-corrected chi connectivity index (χ0v) is 19.0. The zero-order valence-electron chi connectivity index (χ0n) is 19.0. The Hall–Kier alpha value is -2.86. The molecule has 1 amide bonds. The number of rotatable bonds is 8. The molecule has 2 N–H and O–H groups in total. The van der Waals surface area contributed by atoms with E-state index in [1.807, 2.05) is 54.6 Å². The molecule has 31 heavy (non-hydrogen) atoms. The van der Waals surface area contributed by atoms with E-state index in [9.17, 15) is 14.7 Å². The summed E-state index contributed by atoms with van der Waals surface area (Å²) in [6.07, 6.45) is -0.415. The van der Waals surface area contributed by atoms with E-state index >= 15 is 0 Å². The van der Waals surface area contributed by atoms with Gasteiger partial charge in [0.2, 0.25) is 0 Å². The minimum absolute atomic E-state index is 0.159. The number of aliphatic hydroxyl groups is 1. The van der Waals surface area contributed by atoms with Crippen LogP contribution in [0.25, 0.3) is 11.1 Å². The molecule has 0 fully saturated rings. The molecule has 0 aliphatic heterocycles. The third kappa shape index (κ3) is 6.56. The molecule has 0 bridgehead atoms. The number of amides is 1. The van der Waals surface area contributed by atoms with Crippen LogP contribution in [0.3, 0.4) is 0 Å². The van der Waals surface area contributed by atoms with Gasteiger partial charge in [-0.25, -0.2) is 4.79 Å². The third-order valence-corrected chi connectivity index (χ3v) is 4.90. The SMILES string of the molecule is CCOC(=O)C(CO)(CC(C)NC(=O)OC(C)(C)C)c1ccc(-c2ccccc2)cc1. The number of hydrogen-bond donors (Lipinski definition) is 2. The van der Waals surface area contributed by atoms with Crippen LogP contribution >= 0.6 is 0 Å². The molecule has 2 atom stereocenters. The molecule has 0 aliphatic rings. The number of hydrogen-bond acceptors (Lipinski definition) is 5. The Morgan fingerprint density at radius 1 is 1.00 bits per heavy atom. The van der Waals surface area contributed by atoms with Crippen LogP contribution in [0.5, 0.6) is 0 Å². The highest BCUT2D eigenvalue weighted by Gasteiger charge is 2.43. The van der Waals surface area contributed by atoms with Gasteiger partial charge in [-0.2, -0.15) is 0 Å². The summed E-state index contributed by atoms with van der Waals surface area (Å²) in [6.45, 7) is 8.58. The van der Waals surface area contributed by atoms with Crippen molar-refractivity contribution in [1.82, 2.24) is 5.32 Å². The van der Waals surface area contributed by atoms with Crippen LogP contribution in [0.2, 0.25) is 0 Å². The fraction of sp³-hybridized carbons (Fsp3) is 0.440. The second kappa shape index (κ2) is 10.4. The van der Waals surface area contributed by atoms with Gasteiger partial charge in [-0.05, 0) is 57.7 Å². The number of carbonyl (C=O) groups excluding carboxylic acids is 2. The van der Waals surface area contributed by atoms with E-state index in [1.165, 1.54) is 0 Å². The van der Waals surface area contributed by atoms with Crippen molar-refractivity contribution in [1.29, 1.82) is 0 Å². The van der Waals surface area contributed by atoms with E-state index in [1.54, 1.807) is 34.6 Å². The number of alkyl carbamates (subject to hydrolysis) is 1. The molecule has 2 rings (SSSR count). The molecule has 0 spiro atoms. The van der Waals surface area contributed by atoms with Gasteiger partial charge in [0, 0.05) is 6.04 Å². The lowest BCUT2D eigenvalue weighted by atomic mass is 9.75. The van der Waals surface area contributed by atoms with Gasteiger partial charge in [-0.15, -0.1) is 0 Å². The van der Waals surface area contributed by atoms with E-state index in [4.69, 9.17) is 9.47 Å². The summed E-state index contributed by atoms with van der Waals surface area (Å²) >= 11 is 0. The first kappa shape index (κ1) is 24.4. The standard InChI is InChI=1S/C25H33NO5/c1-6-30-22(28)25(17-27,16-18(2)26-23(29)31-24(3,4)5)21-14-12-20(13-15-21)19-10-8-7-9-11-19/h7-15,18,27H,6,16-17H2,1-5H3,(H,26,29). The van der Waals surface area contributed by atoms with Crippen molar-refractivity contribution >= 4 is 12.1 Å². The van der Waals surface area contributed by atoms with Gasteiger partial charge < -0.3 is 19.9 Å². The summed E-state index contributed by atoms with van der Waals surface area (Å²) in [5, 5.41) is 13.1. The van der Waals surface area contributed by atoms with E-state index in [0.29, 0.717) is 5.56 Å². The number of nitrogens with one attached hydrogen (secondary N) is 1. The molecule has 2 unspecified atom stereocenters. The lowest BCUT2D eigenvalue weighted by molar-refractivity contribution is -0.152. The van der Waals surface area contributed by atoms with Crippen LogP contribution in [0.1, 0.15) is 46.6 Å². The second-order valence-electron chi connectivity index (χ2n) is 8.66. The average molecular weight is 428 g/mol. The molecule has 0 aliphatic carbocycles. The average Bonchev–Trinajstić information content (AvgIpc) is 2.71. The molecule has 6 nitrogen and oxygen atoms in total. The molecular formula is C25H33NO5. The largest absolute Gasteiger partial charge is 0.465 e. The maximum atomic E-state index is 13.0. The Bertz CT molecular complexity index is 858. The van der Waals surface area contributed by atoms with Gasteiger partial charge in [0.15, 0.2) is 0 Å². The summed E-state index contributed by atoms with van der Waals surface area (Å²) in [4.78, 5) is 25.1. The van der Waals surface area contributed by atoms with Crippen LogP contribution in [0, 0.1) is 0 Å². The smallest absolute Gasteiger partial charge is 0.407 e. The molecule has 0 aromatic heterocycles. The van der Waals surface area contributed by atoms with Crippen LogP contribution in [0.4, 0.5) is 4.79 Å². The van der Waals surface area contributed by atoms with E-state index in [0.717, 1.165) is 11.1 Å². The predicted molar refractivity (Wildman–Crippen MR) is 121 cm³/mol. The van der Waals surface area contributed by atoms with E-state index in [-0.39, 0.29) is 13.0 Å². The maximum absolute atomic E-state index is 13.0. The van der Waals surface area contributed by atoms with Crippen LogP contribution in [-0.2, 0) is 19.7 Å². The molecule has 0 heterocycles. The Balaban J connectivity index is 2.31. The van der Waals surface area contributed by atoms with Crippen molar-refractivity contribution in [2.45, 2.75) is 58.1 Å². The summed E-state index contributed by atoms with van der Waals surface area (Å²) < 4.78 is 10.6. The summed E-state index contributed by atoms with van der Waals surface area (Å²) in [6, 6.07) is 16.9. The molecule has 2 aromatic rings. The van der Waals surface area contributed by atoms with E-state index in [2.05, 4.69) is 5.32 Å². The van der Waals surface area contributed by atoms with Crippen molar-refractivity contribution in [3.8, 4) is 11.1 Å². The topological polar surface area (TPSA) is 84.9 Å². The lowest BCUT2D eigenvalue weighted by Gasteiger charge is -2.33. The van der Waals surface area contributed by atoms with Gasteiger partial charge in [-0.1, -0.05) is 54.6 Å². The van der Waals surface area contributed by atoms with Crippen LogP contribution < -0.4 is 5.32 Å². The summed E-state index contributed by atoms with van der Waals surface area (Å²) in [7, 11) is 0. The maximum Gasteiger partial charge on any atom is 0.407 e. The zero-order chi connectivity index (χ0) is 23.1. The minimum Gasteiger partial charge on any atom is -0.465 e. The first-order valence-electron chi connectivity index (χ1n) is 10.5. The number of carbonyl (C=O) groups is 2. The normalized spacial score (nSPS) is 14.3. The first-order chi connectivity index (χ1) is 14.6. The van der Waals surface area contributed by atoms with Gasteiger partial charge in [-0.3, -0.25) is 4.79 Å². The van der Waals surface area contributed by atoms with Gasteiger partial charge >= 0.3 is 12.1 Å². The van der Waals surface area contributed by atoms with Crippen molar-refractivity contribution < 1.29 is 24.2 Å². The second-order valence-corrected chi connectivity index (χ2v) is 8.66. The summed E-state index contributed by atoms with van der Waals surface area (Å²) in [5.74, 6) is -0.525. The van der Waals surface area contributed by atoms with Gasteiger partial charge in [0.25, 0.3) is 0 Å². The van der Waals surface area contributed by atoms with Gasteiger partial charge in [0.1, 0.15) is 11.0 Å². The molecule has 168 valence electrons.